The predicted molar refractivity (Wildman–Crippen MR) is 85.6 cm³/mol. The second kappa shape index (κ2) is 6.32. The van der Waals surface area contributed by atoms with Gasteiger partial charge in [-0.1, -0.05) is 60.7 Å². The summed E-state index contributed by atoms with van der Waals surface area (Å²) in [7, 11) is 0. The van der Waals surface area contributed by atoms with Gasteiger partial charge in [-0.2, -0.15) is 0 Å². The third-order valence-corrected chi connectivity index (χ3v) is 3.26. The molecule has 1 aliphatic heterocycles. The third kappa shape index (κ3) is 3.21. The van der Waals surface area contributed by atoms with Gasteiger partial charge in [0.05, 0.1) is 0 Å². The van der Waals surface area contributed by atoms with E-state index >= 15 is 0 Å². The quantitative estimate of drug-likeness (QED) is 0.814. The molecule has 0 radical (unpaired) electrons. The number of esters is 2. The smallest absolute Gasteiger partial charge is 0.348 e. The Hall–Kier alpha value is -3.14. The number of carbonyl (C=O) groups excluding carboxylic acids is 2. The molecule has 0 unspecified atom stereocenters. The van der Waals surface area contributed by atoms with Gasteiger partial charge < -0.3 is 9.47 Å². The molecule has 114 valence electrons. The van der Waals surface area contributed by atoms with Gasteiger partial charge in [0.25, 0.3) is 0 Å². The molecule has 0 spiro atoms. The fourth-order valence-corrected chi connectivity index (χ4v) is 2.31. The molecule has 2 aromatic carbocycles. The maximum Gasteiger partial charge on any atom is 0.348 e. The topological polar surface area (TPSA) is 52.6 Å². The minimum absolute atomic E-state index is 0.151. The first-order chi connectivity index (χ1) is 11.1. The van der Waals surface area contributed by atoms with Crippen molar-refractivity contribution in [3.63, 3.8) is 0 Å². The lowest BCUT2D eigenvalue weighted by Gasteiger charge is -2.05. The second-order valence-electron chi connectivity index (χ2n) is 4.97. The summed E-state index contributed by atoms with van der Waals surface area (Å²) in [6.45, 7) is 1.29. The summed E-state index contributed by atoms with van der Waals surface area (Å²) in [5.41, 5.74) is 1.74. The lowest BCUT2D eigenvalue weighted by molar-refractivity contribution is -0.137. The molecule has 0 atom stereocenters. The van der Waals surface area contributed by atoms with Crippen LogP contribution in [0, 0.1) is 0 Å². The predicted octanol–water partition coefficient (Wildman–Crippen LogP) is 3.56. The van der Waals surface area contributed by atoms with Crippen molar-refractivity contribution >= 4 is 23.6 Å². The lowest BCUT2D eigenvalue weighted by Crippen LogP contribution is -2.01. The van der Waals surface area contributed by atoms with Crippen LogP contribution < -0.4 is 0 Å². The van der Waals surface area contributed by atoms with Gasteiger partial charge in [-0.25, -0.2) is 4.79 Å². The largest absolute Gasteiger partial charge is 0.422 e. The van der Waals surface area contributed by atoms with Gasteiger partial charge in [0.1, 0.15) is 5.57 Å². The van der Waals surface area contributed by atoms with E-state index in [0.717, 1.165) is 5.56 Å². The summed E-state index contributed by atoms with van der Waals surface area (Å²) < 4.78 is 10.6. The molecule has 4 heteroatoms. The second-order valence-corrected chi connectivity index (χ2v) is 4.97. The van der Waals surface area contributed by atoms with E-state index in [1.54, 1.807) is 30.3 Å². The molecule has 0 aromatic heterocycles. The van der Waals surface area contributed by atoms with Gasteiger partial charge in [0, 0.05) is 6.92 Å². The van der Waals surface area contributed by atoms with E-state index in [4.69, 9.17) is 9.47 Å². The molecular formula is C19H14O4. The number of benzene rings is 2. The molecule has 0 saturated heterocycles. The van der Waals surface area contributed by atoms with Crippen LogP contribution in [-0.2, 0) is 19.1 Å². The SMILES string of the molecule is CC(=O)OC1=C(c2ccccc2)C(=O)O/C1=C\c1ccccc1. The van der Waals surface area contributed by atoms with E-state index in [2.05, 4.69) is 0 Å². The number of hydrogen-bond acceptors (Lipinski definition) is 4. The third-order valence-electron chi connectivity index (χ3n) is 3.26. The highest BCUT2D eigenvalue weighted by atomic mass is 16.6. The first kappa shape index (κ1) is 14.8. The monoisotopic (exact) mass is 306 g/mol. The normalized spacial score (nSPS) is 15.7. The molecule has 23 heavy (non-hydrogen) atoms. The van der Waals surface area contributed by atoms with Crippen LogP contribution in [0.5, 0.6) is 0 Å². The van der Waals surface area contributed by atoms with Gasteiger partial charge in [0.2, 0.25) is 0 Å². The number of ether oxygens (including phenoxy) is 2. The van der Waals surface area contributed by atoms with Gasteiger partial charge in [0.15, 0.2) is 11.5 Å². The van der Waals surface area contributed by atoms with E-state index in [1.807, 2.05) is 36.4 Å². The number of hydrogen-bond donors (Lipinski definition) is 0. The maximum absolute atomic E-state index is 12.3. The van der Waals surface area contributed by atoms with Gasteiger partial charge in [-0.3, -0.25) is 4.79 Å². The zero-order chi connectivity index (χ0) is 16.2. The molecule has 2 aromatic rings. The average Bonchev–Trinajstić information content (AvgIpc) is 2.84. The van der Waals surface area contributed by atoms with Crippen LogP contribution in [0.25, 0.3) is 11.6 Å². The Morgan fingerprint density at radius 2 is 1.61 bits per heavy atom. The Balaban J connectivity index is 2.11. The van der Waals surface area contributed by atoms with E-state index in [-0.39, 0.29) is 17.1 Å². The Morgan fingerprint density at radius 3 is 2.22 bits per heavy atom. The molecule has 0 saturated carbocycles. The van der Waals surface area contributed by atoms with Crippen molar-refractivity contribution in [1.29, 1.82) is 0 Å². The fraction of sp³-hybridized carbons (Fsp3) is 0.0526. The molecule has 0 aliphatic carbocycles. The van der Waals surface area contributed by atoms with Crippen molar-refractivity contribution in [2.75, 3.05) is 0 Å². The summed E-state index contributed by atoms with van der Waals surface area (Å²) in [5, 5.41) is 0. The Morgan fingerprint density at radius 1 is 1.00 bits per heavy atom. The summed E-state index contributed by atoms with van der Waals surface area (Å²) >= 11 is 0. The fourth-order valence-electron chi connectivity index (χ4n) is 2.31. The summed E-state index contributed by atoms with van der Waals surface area (Å²) in [4.78, 5) is 23.7. The highest BCUT2D eigenvalue weighted by Gasteiger charge is 2.33. The molecule has 4 nitrogen and oxygen atoms in total. The first-order valence-electron chi connectivity index (χ1n) is 7.12. The highest BCUT2D eigenvalue weighted by Crippen LogP contribution is 2.35. The van der Waals surface area contributed by atoms with Gasteiger partial charge >= 0.3 is 11.9 Å². The summed E-state index contributed by atoms with van der Waals surface area (Å²) in [6, 6.07) is 18.4. The minimum atomic E-state index is -0.533. The standard InChI is InChI=1S/C19H14O4/c1-13(20)22-18-16(12-14-8-4-2-5-9-14)23-19(21)17(18)15-10-6-3-7-11-15/h2-12H,1H3/b16-12-. The Kier molecular flexibility index (Phi) is 4.06. The molecule has 0 amide bonds. The number of rotatable bonds is 3. The Labute approximate surface area is 133 Å². The van der Waals surface area contributed by atoms with Crippen LogP contribution in [-0.4, -0.2) is 11.9 Å². The molecule has 0 bridgehead atoms. The molecule has 3 rings (SSSR count). The number of carbonyl (C=O) groups is 2. The van der Waals surface area contributed by atoms with E-state index in [1.165, 1.54) is 6.92 Å². The van der Waals surface area contributed by atoms with E-state index in [0.29, 0.717) is 5.56 Å². The molecule has 1 aliphatic rings. The van der Waals surface area contributed by atoms with Crippen LogP contribution in [0.3, 0.4) is 0 Å². The van der Waals surface area contributed by atoms with Gasteiger partial charge in [-0.05, 0) is 17.2 Å². The summed E-state index contributed by atoms with van der Waals surface area (Å²) in [5.74, 6) is -0.659. The van der Waals surface area contributed by atoms with Crippen LogP contribution in [0.15, 0.2) is 72.2 Å². The zero-order valence-corrected chi connectivity index (χ0v) is 12.5. The van der Waals surface area contributed by atoms with Crippen molar-refractivity contribution in [3.8, 4) is 0 Å². The van der Waals surface area contributed by atoms with Crippen molar-refractivity contribution in [2.24, 2.45) is 0 Å². The van der Waals surface area contributed by atoms with Crippen molar-refractivity contribution < 1.29 is 19.1 Å². The zero-order valence-electron chi connectivity index (χ0n) is 12.5. The van der Waals surface area contributed by atoms with Crippen LogP contribution in [0.2, 0.25) is 0 Å². The number of cyclic esters (lactones) is 1. The molecule has 1 heterocycles. The molecule has 0 N–H and O–H groups in total. The van der Waals surface area contributed by atoms with Crippen molar-refractivity contribution in [3.05, 3.63) is 83.3 Å². The summed E-state index contributed by atoms with van der Waals surface area (Å²) in [6.07, 6.45) is 1.67. The van der Waals surface area contributed by atoms with Crippen LogP contribution in [0.1, 0.15) is 18.1 Å². The van der Waals surface area contributed by atoms with E-state index in [9.17, 15) is 9.59 Å². The van der Waals surface area contributed by atoms with Gasteiger partial charge in [-0.15, -0.1) is 0 Å². The van der Waals surface area contributed by atoms with Crippen molar-refractivity contribution in [1.82, 2.24) is 0 Å². The lowest BCUT2D eigenvalue weighted by atomic mass is 10.1. The highest BCUT2D eigenvalue weighted by molar-refractivity contribution is 6.21. The average molecular weight is 306 g/mol. The van der Waals surface area contributed by atoms with E-state index < -0.39 is 11.9 Å². The van der Waals surface area contributed by atoms with Crippen LogP contribution >= 0.6 is 0 Å². The van der Waals surface area contributed by atoms with Crippen molar-refractivity contribution in [2.45, 2.75) is 6.92 Å². The van der Waals surface area contributed by atoms with Crippen LogP contribution in [0.4, 0.5) is 0 Å². The molecule has 0 fully saturated rings. The maximum atomic E-state index is 12.3. The minimum Gasteiger partial charge on any atom is -0.422 e. The first-order valence-corrected chi connectivity index (χ1v) is 7.12. The molecular weight excluding hydrogens is 292 g/mol. The Bertz CT molecular complexity index is 802.